The van der Waals surface area contributed by atoms with Gasteiger partial charge in [0.1, 0.15) is 5.75 Å². The molecular weight excluding hydrogens is 376 g/mol. The van der Waals surface area contributed by atoms with E-state index in [0.717, 1.165) is 21.9 Å². The lowest BCUT2D eigenvalue weighted by molar-refractivity contribution is -0.128. The molecule has 0 unspecified atom stereocenters. The van der Waals surface area contributed by atoms with Crippen molar-refractivity contribution >= 4 is 40.3 Å². The maximum atomic E-state index is 11.9. The number of nitrogens with one attached hydrogen (secondary N) is 2. The molecule has 0 saturated carbocycles. The van der Waals surface area contributed by atoms with Crippen LogP contribution in [0.1, 0.15) is 11.1 Å². The molecule has 3 aromatic carbocycles. The van der Waals surface area contributed by atoms with Crippen molar-refractivity contribution < 1.29 is 14.3 Å². The van der Waals surface area contributed by atoms with Crippen molar-refractivity contribution in [2.75, 3.05) is 6.61 Å². The standard InChI is InChI=1S/C22H19ClN2O3/c1-15-13-18(10-11-20(15)23)28-14-22(27)25-24-21(26)12-9-17-7-4-6-16-5-2-3-8-19(16)17/h2-13H,14H2,1H3,(H,24,26)(H,25,27). The van der Waals surface area contributed by atoms with Crippen LogP contribution in [0.15, 0.2) is 66.7 Å². The molecule has 0 bridgehead atoms. The molecule has 28 heavy (non-hydrogen) atoms. The van der Waals surface area contributed by atoms with Crippen LogP contribution in [-0.2, 0) is 9.59 Å². The number of hydrogen-bond acceptors (Lipinski definition) is 3. The van der Waals surface area contributed by atoms with Crippen molar-refractivity contribution in [2.24, 2.45) is 0 Å². The number of hydrogen-bond donors (Lipinski definition) is 2. The normalized spacial score (nSPS) is 10.8. The van der Waals surface area contributed by atoms with Crippen LogP contribution in [0.2, 0.25) is 5.02 Å². The van der Waals surface area contributed by atoms with Gasteiger partial charge in [-0.2, -0.15) is 0 Å². The maximum absolute atomic E-state index is 11.9. The van der Waals surface area contributed by atoms with E-state index in [4.69, 9.17) is 16.3 Å². The van der Waals surface area contributed by atoms with Crippen molar-refractivity contribution in [3.63, 3.8) is 0 Å². The summed E-state index contributed by atoms with van der Waals surface area (Å²) in [6, 6.07) is 18.9. The van der Waals surface area contributed by atoms with E-state index in [0.29, 0.717) is 10.8 Å². The zero-order chi connectivity index (χ0) is 19.9. The lowest BCUT2D eigenvalue weighted by atomic mass is 10.0. The maximum Gasteiger partial charge on any atom is 0.276 e. The van der Waals surface area contributed by atoms with E-state index in [1.807, 2.05) is 49.4 Å². The number of halogens is 1. The summed E-state index contributed by atoms with van der Waals surface area (Å²) in [4.78, 5) is 23.8. The van der Waals surface area contributed by atoms with Gasteiger partial charge in [-0.1, -0.05) is 54.1 Å². The Labute approximate surface area is 167 Å². The SMILES string of the molecule is Cc1cc(OCC(=O)NNC(=O)C=Cc2cccc3ccccc23)ccc1Cl. The molecule has 6 heteroatoms. The Morgan fingerprint density at radius 2 is 1.82 bits per heavy atom. The third-order valence-corrected chi connectivity index (χ3v) is 4.49. The number of fused-ring (bicyclic) bond motifs is 1. The molecule has 0 atom stereocenters. The molecule has 0 aliphatic heterocycles. The van der Waals surface area contributed by atoms with Crippen LogP contribution in [0.25, 0.3) is 16.8 Å². The van der Waals surface area contributed by atoms with Gasteiger partial charge in [0.2, 0.25) is 0 Å². The van der Waals surface area contributed by atoms with Crippen LogP contribution in [0.3, 0.4) is 0 Å². The van der Waals surface area contributed by atoms with Crippen LogP contribution >= 0.6 is 11.6 Å². The summed E-state index contributed by atoms with van der Waals surface area (Å²) in [5, 5.41) is 2.76. The fourth-order valence-corrected chi connectivity index (χ4v) is 2.74. The largest absolute Gasteiger partial charge is 0.484 e. The van der Waals surface area contributed by atoms with Gasteiger partial charge in [-0.3, -0.25) is 20.4 Å². The third kappa shape index (κ3) is 5.11. The van der Waals surface area contributed by atoms with Crippen molar-refractivity contribution in [3.8, 4) is 5.75 Å². The smallest absolute Gasteiger partial charge is 0.276 e. The molecule has 5 nitrogen and oxygen atoms in total. The Morgan fingerprint density at radius 1 is 1.04 bits per heavy atom. The lowest BCUT2D eigenvalue weighted by Crippen LogP contribution is -2.43. The number of hydrazine groups is 1. The summed E-state index contributed by atoms with van der Waals surface area (Å²) in [7, 11) is 0. The third-order valence-electron chi connectivity index (χ3n) is 4.06. The summed E-state index contributed by atoms with van der Waals surface area (Å²) in [6.45, 7) is 1.62. The second-order valence-electron chi connectivity index (χ2n) is 6.14. The summed E-state index contributed by atoms with van der Waals surface area (Å²) < 4.78 is 5.37. The highest BCUT2D eigenvalue weighted by atomic mass is 35.5. The van der Waals surface area contributed by atoms with Crippen LogP contribution in [-0.4, -0.2) is 18.4 Å². The minimum Gasteiger partial charge on any atom is -0.484 e. The highest BCUT2D eigenvalue weighted by Gasteiger charge is 2.05. The second-order valence-corrected chi connectivity index (χ2v) is 6.55. The second kappa shape index (κ2) is 9.06. The number of carbonyl (C=O) groups excluding carboxylic acids is 2. The molecule has 0 fully saturated rings. The van der Waals surface area contributed by atoms with E-state index in [9.17, 15) is 9.59 Å². The van der Waals surface area contributed by atoms with Gasteiger partial charge in [0.15, 0.2) is 6.61 Å². The Morgan fingerprint density at radius 3 is 2.64 bits per heavy atom. The average molecular weight is 395 g/mol. The molecule has 0 aliphatic carbocycles. The Balaban J connectivity index is 1.50. The molecule has 2 amide bonds. The van der Waals surface area contributed by atoms with Crippen molar-refractivity contribution in [1.82, 2.24) is 10.9 Å². The van der Waals surface area contributed by atoms with E-state index in [1.165, 1.54) is 6.08 Å². The lowest BCUT2D eigenvalue weighted by Gasteiger charge is -2.08. The van der Waals surface area contributed by atoms with Gasteiger partial charge >= 0.3 is 0 Å². The summed E-state index contributed by atoms with van der Waals surface area (Å²) in [6.07, 6.45) is 3.07. The summed E-state index contributed by atoms with van der Waals surface area (Å²) >= 11 is 5.95. The molecule has 0 aliphatic rings. The molecule has 0 spiro atoms. The Kier molecular flexibility index (Phi) is 6.29. The highest BCUT2D eigenvalue weighted by Crippen LogP contribution is 2.21. The Bertz CT molecular complexity index is 1040. The summed E-state index contributed by atoms with van der Waals surface area (Å²) in [5.41, 5.74) is 6.41. The van der Waals surface area contributed by atoms with Crippen molar-refractivity contribution in [3.05, 3.63) is 82.9 Å². The van der Waals surface area contributed by atoms with E-state index in [1.54, 1.807) is 24.3 Å². The highest BCUT2D eigenvalue weighted by molar-refractivity contribution is 6.31. The van der Waals surface area contributed by atoms with E-state index in [-0.39, 0.29) is 6.61 Å². The average Bonchev–Trinajstić information content (AvgIpc) is 2.71. The van der Waals surface area contributed by atoms with Gasteiger partial charge in [0.25, 0.3) is 11.8 Å². The molecule has 3 rings (SSSR count). The van der Waals surface area contributed by atoms with E-state index < -0.39 is 11.8 Å². The molecule has 142 valence electrons. The van der Waals surface area contributed by atoms with Gasteiger partial charge in [-0.05, 0) is 53.1 Å². The molecular formula is C22H19ClN2O3. The number of aryl methyl sites for hydroxylation is 1. The molecule has 0 aromatic heterocycles. The number of ether oxygens (including phenoxy) is 1. The van der Waals surface area contributed by atoms with Crippen LogP contribution in [0, 0.1) is 6.92 Å². The minimum absolute atomic E-state index is 0.228. The van der Waals surface area contributed by atoms with Gasteiger partial charge < -0.3 is 4.74 Å². The summed E-state index contributed by atoms with van der Waals surface area (Å²) in [5.74, 6) is -0.387. The first-order chi connectivity index (χ1) is 13.5. The van der Waals surface area contributed by atoms with E-state index >= 15 is 0 Å². The number of carbonyl (C=O) groups is 2. The zero-order valence-electron chi connectivity index (χ0n) is 15.2. The van der Waals surface area contributed by atoms with Gasteiger partial charge in [0.05, 0.1) is 0 Å². The molecule has 2 N–H and O–H groups in total. The first kappa shape index (κ1) is 19.5. The van der Waals surface area contributed by atoms with Gasteiger partial charge in [0, 0.05) is 11.1 Å². The van der Waals surface area contributed by atoms with Crippen molar-refractivity contribution in [1.29, 1.82) is 0 Å². The zero-order valence-corrected chi connectivity index (χ0v) is 16.0. The van der Waals surface area contributed by atoms with Crippen molar-refractivity contribution in [2.45, 2.75) is 6.92 Å². The first-order valence-electron chi connectivity index (χ1n) is 8.66. The van der Waals surface area contributed by atoms with E-state index in [2.05, 4.69) is 10.9 Å². The molecule has 0 heterocycles. The fourth-order valence-electron chi connectivity index (χ4n) is 2.63. The number of benzene rings is 3. The van der Waals surface area contributed by atoms with Gasteiger partial charge in [-0.15, -0.1) is 0 Å². The number of amides is 2. The quantitative estimate of drug-likeness (QED) is 0.507. The number of rotatable bonds is 5. The minimum atomic E-state index is -0.473. The first-order valence-corrected chi connectivity index (χ1v) is 9.04. The van der Waals surface area contributed by atoms with Crippen LogP contribution < -0.4 is 15.6 Å². The predicted molar refractivity (Wildman–Crippen MR) is 111 cm³/mol. The Hall–Kier alpha value is -3.31. The van der Waals surface area contributed by atoms with Gasteiger partial charge in [-0.25, -0.2) is 0 Å². The molecule has 0 saturated heterocycles. The molecule has 0 radical (unpaired) electrons. The van der Waals surface area contributed by atoms with Crippen LogP contribution in [0.5, 0.6) is 5.75 Å². The molecule has 3 aromatic rings. The monoisotopic (exact) mass is 394 g/mol. The van der Waals surface area contributed by atoms with Crippen LogP contribution in [0.4, 0.5) is 0 Å². The predicted octanol–water partition coefficient (Wildman–Crippen LogP) is 4.04. The topological polar surface area (TPSA) is 67.4 Å². The fraction of sp³-hybridized carbons (Fsp3) is 0.0909.